The summed E-state index contributed by atoms with van der Waals surface area (Å²) >= 11 is 1.27. The summed E-state index contributed by atoms with van der Waals surface area (Å²) in [7, 11) is 1.50. The van der Waals surface area contributed by atoms with E-state index in [0.717, 1.165) is 0 Å². The molecule has 0 aromatic carbocycles. The Morgan fingerprint density at radius 1 is 1.56 bits per heavy atom. The third-order valence-corrected chi connectivity index (χ3v) is 4.27. The maximum atomic E-state index is 12.4. The lowest BCUT2D eigenvalue weighted by atomic mass is 9.99. The molecule has 1 atom stereocenters. The van der Waals surface area contributed by atoms with Gasteiger partial charge in [-0.2, -0.15) is 0 Å². The van der Waals surface area contributed by atoms with Crippen LogP contribution in [-0.4, -0.2) is 41.1 Å². The van der Waals surface area contributed by atoms with Crippen LogP contribution in [0, 0.1) is 0 Å². The molecule has 0 bridgehead atoms. The van der Waals surface area contributed by atoms with Crippen LogP contribution in [0.25, 0.3) is 0 Å². The number of aliphatic carboxylic acids is 1. The molecule has 6 heteroatoms. The van der Waals surface area contributed by atoms with Crippen LogP contribution >= 0.6 is 11.3 Å². The molecule has 0 spiro atoms. The summed E-state index contributed by atoms with van der Waals surface area (Å²) in [4.78, 5) is 25.6. The van der Waals surface area contributed by atoms with Gasteiger partial charge in [0.15, 0.2) is 0 Å². The van der Waals surface area contributed by atoms with E-state index in [1.165, 1.54) is 23.3 Å². The molecule has 1 unspecified atom stereocenters. The standard InChI is InChI=1S/C12H15NO4S/c1-12(11(15)16)5-3-6-13(12)10(14)9-8(17-2)4-7-18-9/h4,7H,3,5-6H2,1-2H3,(H,15,16). The van der Waals surface area contributed by atoms with Crippen LogP contribution in [0.5, 0.6) is 5.75 Å². The van der Waals surface area contributed by atoms with Gasteiger partial charge in [-0.15, -0.1) is 11.3 Å². The van der Waals surface area contributed by atoms with Gasteiger partial charge in [-0.3, -0.25) is 4.79 Å². The quantitative estimate of drug-likeness (QED) is 0.909. The Balaban J connectivity index is 2.32. The average Bonchev–Trinajstić information content (AvgIpc) is 2.94. The molecule has 0 saturated carbocycles. The molecule has 1 aliphatic heterocycles. The van der Waals surface area contributed by atoms with Gasteiger partial charge >= 0.3 is 5.97 Å². The van der Waals surface area contributed by atoms with Gasteiger partial charge in [-0.1, -0.05) is 0 Å². The van der Waals surface area contributed by atoms with Crippen LogP contribution in [0.3, 0.4) is 0 Å². The van der Waals surface area contributed by atoms with Crippen LogP contribution in [0.15, 0.2) is 11.4 Å². The number of carboxylic acid groups (broad SMARTS) is 1. The van der Waals surface area contributed by atoms with Crippen LogP contribution in [0.4, 0.5) is 0 Å². The highest BCUT2D eigenvalue weighted by Crippen LogP contribution is 2.34. The van der Waals surface area contributed by atoms with Crippen molar-refractivity contribution in [2.45, 2.75) is 25.3 Å². The van der Waals surface area contributed by atoms with E-state index in [2.05, 4.69) is 0 Å². The minimum absolute atomic E-state index is 0.260. The number of likely N-dealkylation sites (tertiary alicyclic amines) is 1. The van der Waals surface area contributed by atoms with Gasteiger partial charge in [0.05, 0.1) is 7.11 Å². The van der Waals surface area contributed by atoms with Gasteiger partial charge in [-0.05, 0) is 31.2 Å². The first kappa shape index (κ1) is 12.9. The van der Waals surface area contributed by atoms with Crippen LogP contribution in [0.1, 0.15) is 29.4 Å². The lowest BCUT2D eigenvalue weighted by Gasteiger charge is -2.30. The van der Waals surface area contributed by atoms with Crippen LogP contribution < -0.4 is 4.74 Å². The van der Waals surface area contributed by atoms with Crippen molar-refractivity contribution < 1.29 is 19.4 Å². The van der Waals surface area contributed by atoms with E-state index in [9.17, 15) is 14.7 Å². The van der Waals surface area contributed by atoms with Crippen molar-refractivity contribution in [2.75, 3.05) is 13.7 Å². The van der Waals surface area contributed by atoms with Crippen molar-refractivity contribution in [3.8, 4) is 5.75 Å². The fraction of sp³-hybridized carbons (Fsp3) is 0.500. The van der Waals surface area contributed by atoms with E-state index in [1.54, 1.807) is 18.4 Å². The second-order valence-corrected chi connectivity index (χ2v) is 5.37. The number of carboxylic acids is 1. The first-order valence-corrected chi connectivity index (χ1v) is 6.55. The summed E-state index contributed by atoms with van der Waals surface area (Å²) in [5, 5.41) is 11.1. The van der Waals surface area contributed by atoms with E-state index >= 15 is 0 Å². The fourth-order valence-electron chi connectivity index (χ4n) is 2.25. The van der Waals surface area contributed by atoms with Crippen molar-refractivity contribution in [1.82, 2.24) is 4.90 Å². The van der Waals surface area contributed by atoms with Crippen molar-refractivity contribution >= 4 is 23.2 Å². The summed E-state index contributed by atoms with van der Waals surface area (Å²) in [6, 6.07) is 1.71. The number of rotatable bonds is 3. The summed E-state index contributed by atoms with van der Waals surface area (Å²) in [6.07, 6.45) is 1.20. The smallest absolute Gasteiger partial charge is 0.329 e. The summed E-state index contributed by atoms with van der Waals surface area (Å²) in [6.45, 7) is 2.07. The first-order valence-electron chi connectivity index (χ1n) is 5.67. The minimum Gasteiger partial charge on any atom is -0.495 e. The van der Waals surface area contributed by atoms with E-state index < -0.39 is 11.5 Å². The van der Waals surface area contributed by atoms with Crippen molar-refractivity contribution in [1.29, 1.82) is 0 Å². The minimum atomic E-state index is -1.11. The van der Waals surface area contributed by atoms with Crippen LogP contribution in [-0.2, 0) is 4.79 Å². The number of hydrogen-bond acceptors (Lipinski definition) is 4. The fourth-order valence-corrected chi connectivity index (χ4v) is 3.05. The predicted octanol–water partition coefficient (Wildman–Crippen LogP) is 1.84. The highest BCUT2D eigenvalue weighted by Gasteiger charge is 2.46. The molecule has 5 nitrogen and oxygen atoms in total. The third kappa shape index (κ3) is 1.86. The molecule has 2 rings (SSSR count). The van der Waals surface area contributed by atoms with Gasteiger partial charge in [-0.25, -0.2) is 4.79 Å². The van der Waals surface area contributed by atoms with Gasteiger partial charge < -0.3 is 14.7 Å². The van der Waals surface area contributed by atoms with Crippen molar-refractivity contribution in [3.05, 3.63) is 16.3 Å². The molecule has 1 fully saturated rings. The van der Waals surface area contributed by atoms with Crippen LogP contribution in [0.2, 0.25) is 0 Å². The second-order valence-electron chi connectivity index (χ2n) is 4.46. The Morgan fingerprint density at radius 3 is 2.89 bits per heavy atom. The zero-order valence-electron chi connectivity index (χ0n) is 10.3. The number of thiophene rings is 1. The number of ether oxygens (including phenoxy) is 1. The molecule has 1 amide bonds. The van der Waals surface area contributed by atoms with Gasteiger partial charge in [0, 0.05) is 6.54 Å². The number of methoxy groups -OCH3 is 1. The van der Waals surface area contributed by atoms with E-state index in [1.807, 2.05) is 0 Å². The molecule has 18 heavy (non-hydrogen) atoms. The molecule has 0 radical (unpaired) electrons. The molecular weight excluding hydrogens is 254 g/mol. The molecule has 1 saturated heterocycles. The number of amides is 1. The molecule has 1 N–H and O–H groups in total. The first-order chi connectivity index (χ1) is 8.50. The molecule has 1 aromatic heterocycles. The Hall–Kier alpha value is -1.56. The van der Waals surface area contributed by atoms with E-state index in [-0.39, 0.29) is 5.91 Å². The zero-order valence-corrected chi connectivity index (χ0v) is 11.1. The summed E-state index contributed by atoms with van der Waals surface area (Å²) < 4.78 is 5.11. The largest absolute Gasteiger partial charge is 0.495 e. The van der Waals surface area contributed by atoms with Crippen molar-refractivity contribution in [2.24, 2.45) is 0 Å². The number of carbonyl (C=O) groups excluding carboxylic acids is 1. The molecule has 1 aliphatic rings. The Kier molecular flexibility index (Phi) is 3.30. The summed E-state index contributed by atoms with van der Waals surface area (Å²) in [5.41, 5.74) is -1.11. The Labute approximate surface area is 109 Å². The average molecular weight is 269 g/mol. The zero-order chi connectivity index (χ0) is 13.3. The molecule has 1 aromatic rings. The van der Waals surface area contributed by atoms with E-state index in [4.69, 9.17) is 4.74 Å². The highest BCUT2D eigenvalue weighted by atomic mass is 32.1. The van der Waals surface area contributed by atoms with Gasteiger partial charge in [0.1, 0.15) is 16.2 Å². The maximum Gasteiger partial charge on any atom is 0.329 e. The number of carbonyl (C=O) groups is 2. The van der Waals surface area contributed by atoms with Crippen molar-refractivity contribution in [3.63, 3.8) is 0 Å². The highest BCUT2D eigenvalue weighted by molar-refractivity contribution is 7.12. The Morgan fingerprint density at radius 2 is 2.28 bits per heavy atom. The molecule has 2 heterocycles. The molecule has 0 aliphatic carbocycles. The second kappa shape index (κ2) is 4.61. The van der Waals surface area contributed by atoms with Gasteiger partial charge in [0.25, 0.3) is 5.91 Å². The monoisotopic (exact) mass is 269 g/mol. The lowest BCUT2D eigenvalue weighted by Crippen LogP contribution is -2.50. The van der Waals surface area contributed by atoms with E-state index in [0.29, 0.717) is 30.0 Å². The molecular formula is C12H15NO4S. The summed E-state index contributed by atoms with van der Waals surface area (Å²) in [5.74, 6) is -0.710. The lowest BCUT2D eigenvalue weighted by molar-refractivity contribution is -0.147. The SMILES string of the molecule is COc1ccsc1C(=O)N1CCCC1(C)C(=O)O. The topological polar surface area (TPSA) is 66.8 Å². The maximum absolute atomic E-state index is 12.4. The Bertz CT molecular complexity index is 484. The predicted molar refractivity (Wildman–Crippen MR) is 67.2 cm³/mol. The third-order valence-electron chi connectivity index (χ3n) is 3.39. The normalized spacial score (nSPS) is 23.1. The number of nitrogens with zero attached hydrogens (tertiary/aromatic N) is 1. The molecule has 98 valence electrons. The van der Waals surface area contributed by atoms with Gasteiger partial charge in [0.2, 0.25) is 0 Å². The number of hydrogen-bond donors (Lipinski definition) is 1.